The van der Waals surface area contributed by atoms with Crippen LogP contribution in [0.25, 0.3) is 0 Å². The van der Waals surface area contributed by atoms with Crippen LogP contribution in [0.15, 0.2) is 12.1 Å². The molecular weight excluding hydrogens is 220 g/mol. The first kappa shape index (κ1) is 11.5. The molecule has 0 spiro atoms. The summed E-state index contributed by atoms with van der Waals surface area (Å²) in [4.78, 5) is 12.0. The van der Waals surface area contributed by atoms with Crippen LogP contribution in [0.2, 0.25) is 4.34 Å². The van der Waals surface area contributed by atoms with Gasteiger partial charge in [-0.1, -0.05) is 11.6 Å². The summed E-state index contributed by atoms with van der Waals surface area (Å²) in [6, 6.07) is 3.86. The second kappa shape index (κ2) is 6.01. The fraction of sp³-hybridized carbons (Fsp3) is 0.444. The Hall–Kier alpha value is -0.580. The molecule has 0 aliphatic heterocycles. The van der Waals surface area contributed by atoms with Crippen LogP contribution < -0.4 is 10.6 Å². The van der Waals surface area contributed by atoms with E-state index in [1.165, 1.54) is 4.88 Å². The molecule has 2 N–H and O–H groups in total. The number of halogens is 1. The minimum Gasteiger partial charge on any atom is -0.359 e. The van der Waals surface area contributed by atoms with Crippen LogP contribution in [0.3, 0.4) is 0 Å². The van der Waals surface area contributed by atoms with E-state index < -0.39 is 0 Å². The first-order valence-electron chi connectivity index (χ1n) is 4.38. The van der Waals surface area contributed by atoms with E-state index in [2.05, 4.69) is 10.6 Å². The van der Waals surface area contributed by atoms with Gasteiger partial charge in [0.1, 0.15) is 0 Å². The maximum atomic E-state index is 10.9. The van der Waals surface area contributed by atoms with Gasteiger partial charge in [-0.05, 0) is 12.1 Å². The second-order valence-electron chi connectivity index (χ2n) is 2.81. The summed E-state index contributed by atoms with van der Waals surface area (Å²) in [6.45, 7) is 1.46. The number of hydrogen-bond acceptors (Lipinski definition) is 3. The van der Waals surface area contributed by atoms with Crippen molar-refractivity contribution < 1.29 is 4.79 Å². The lowest BCUT2D eigenvalue weighted by molar-refractivity contribution is -0.120. The topological polar surface area (TPSA) is 41.1 Å². The van der Waals surface area contributed by atoms with E-state index in [9.17, 15) is 4.79 Å². The second-order valence-corrected chi connectivity index (χ2v) is 4.61. The Labute approximate surface area is 92.5 Å². The highest BCUT2D eigenvalue weighted by Crippen LogP contribution is 2.20. The molecular formula is C9H13ClN2OS. The van der Waals surface area contributed by atoms with E-state index in [1.54, 1.807) is 18.4 Å². The molecule has 1 aromatic heterocycles. The highest BCUT2D eigenvalue weighted by molar-refractivity contribution is 7.16. The number of rotatable bonds is 5. The number of carbonyl (C=O) groups excluding carboxylic acids is 1. The molecule has 0 unspecified atom stereocenters. The van der Waals surface area contributed by atoms with E-state index >= 15 is 0 Å². The van der Waals surface area contributed by atoms with Gasteiger partial charge in [-0.3, -0.25) is 4.79 Å². The van der Waals surface area contributed by atoms with Crippen LogP contribution in [0.4, 0.5) is 0 Å². The Balaban J connectivity index is 2.13. The van der Waals surface area contributed by atoms with Crippen molar-refractivity contribution in [2.75, 3.05) is 13.6 Å². The largest absolute Gasteiger partial charge is 0.359 e. The minimum absolute atomic E-state index is 0.0571. The summed E-state index contributed by atoms with van der Waals surface area (Å²) in [5.74, 6) is 0.0571. The Bertz CT molecular complexity index is 301. The predicted octanol–water partition coefficient (Wildman–Crippen LogP) is 1.63. The van der Waals surface area contributed by atoms with Crippen LogP contribution in [0.1, 0.15) is 11.3 Å². The summed E-state index contributed by atoms with van der Waals surface area (Å²) >= 11 is 7.33. The Morgan fingerprint density at radius 2 is 2.36 bits per heavy atom. The van der Waals surface area contributed by atoms with Gasteiger partial charge in [-0.25, -0.2) is 0 Å². The Morgan fingerprint density at radius 1 is 1.57 bits per heavy atom. The third-order valence-corrected chi connectivity index (χ3v) is 2.97. The van der Waals surface area contributed by atoms with Crippen LogP contribution in [0.5, 0.6) is 0 Å². The zero-order valence-corrected chi connectivity index (χ0v) is 9.54. The lowest BCUT2D eigenvalue weighted by Crippen LogP contribution is -2.24. The molecule has 5 heteroatoms. The van der Waals surface area contributed by atoms with E-state index in [1.807, 2.05) is 12.1 Å². The molecule has 0 saturated carbocycles. The predicted molar refractivity (Wildman–Crippen MR) is 59.7 cm³/mol. The van der Waals surface area contributed by atoms with E-state index in [-0.39, 0.29) is 5.91 Å². The minimum atomic E-state index is 0.0571. The molecule has 1 amide bonds. The molecule has 1 rings (SSSR count). The number of amides is 1. The van der Waals surface area contributed by atoms with Crippen molar-refractivity contribution in [3.05, 3.63) is 21.3 Å². The normalized spacial score (nSPS) is 10.1. The number of carbonyl (C=O) groups is 1. The summed E-state index contributed by atoms with van der Waals surface area (Å²) in [6.07, 6.45) is 0.510. The van der Waals surface area contributed by atoms with Crippen LogP contribution in [-0.4, -0.2) is 19.5 Å². The first-order chi connectivity index (χ1) is 6.72. The maximum Gasteiger partial charge on any atom is 0.221 e. The van der Waals surface area contributed by atoms with Crippen molar-refractivity contribution in [1.82, 2.24) is 10.6 Å². The molecule has 1 heterocycles. The monoisotopic (exact) mass is 232 g/mol. The molecule has 0 saturated heterocycles. The Morgan fingerprint density at radius 3 is 2.93 bits per heavy atom. The maximum absolute atomic E-state index is 10.9. The van der Waals surface area contributed by atoms with Crippen molar-refractivity contribution >= 4 is 28.8 Å². The highest BCUT2D eigenvalue weighted by atomic mass is 35.5. The summed E-state index contributed by atoms with van der Waals surface area (Å²) in [5.41, 5.74) is 0. The molecule has 14 heavy (non-hydrogen) atoms. The van der Waals surface area contributed by atoms with Crippen LogP contribution in [0, 0.1) is 0 Å². The van der Waals surface area contributed by atoms with Crippen LogP contribution in [-0.2, 0) is 11.3 Å². The van der Waals surface area contributed by atoms with Gasteiger partial charge in [0.05, 0.1) is 4.34 Å². The van der Waals surface area contributed by atoms with Gasteiger partial charge in [-0.2, -0.15) is 0 Å². The number of thiophene rings is 1. The quantitative estimate of drug-likeness (QED) is 0.758. The first-order valence-corrected chi connectivity index (χ1v) is 5.57. The zero-order valence-electron chi connectivity index (χ0n) is 7.97. The number of nitrogens with one attached hydrogen (secondary N) is 2. The molecule has 0 aliphatic rings. The SMILES string of the molecule is CNC(=O)CCNCc1ccc(Cl)s1. The van der Waals surface area contributed by atoms with E-state index in [0.29, 0.717) is 13.0 Å². The van der Waals surface area contributed by atoms with Crippen molar-refractivity contribution in [3.8, 4) is 0 Å². The average Bonchev–Trinajstić information content (AvgIpc) is 2.58. The van der Waals surface area contributed by atoms with Gasteiger partial charge in [0, 0.05) is 31.4 Å². The summed E-state index contributed by atoms with van der Waals surface area (Å²) in [7, 11) is 1.64. The summed E-state index contributed by atoms with van der Waals surface area (Å²) < 4.78 is 0.799. The summed E-state index contributed by atoms with van der Waals surface area (Å²) in [5, 5.41) is 5.74. The zero-order chi connectivity index (χ0) is 10.4. The van der Waals surface area contributed by atoms with E-state index in [4.69, 9.17) is 11.6 Å². The molecule has 78 valence electrons. The molecule has 0 bridgehead atoms. The fourth-order valence-corrected chi connectivity index (χ4v) is 2.04. The molecule has 0 aliphatic carbocycles. The Kier molecular flexibility index (Phi) is 4.93. The van der Waals surface area contributed by atoms with E-state index in [0.717, 1.165) is 10.9 Å². The third-order valence-electron chi connectivity index (χ3n) is 1.74. The van der Waals surface area contributed by atoms with Gasteiger partial charge in [0.2, 0.25) is 5.91 Å². The fourth-order valence-electron chi connectivity index (χ4n) is 0.985. The third kappa shape index (κ3) is 4.09. The molecule has 0 aromatic carbocycles. The van der Waals surface area contributed by atoms with Gasteiger partial charge in [-0.15, -0.1) is 11.3 Å². The van der Waals surface area contributed by atoms with Crippen LogP contribution >= 0.6 is 22.9 Å². The smallest absolute Gasteiger partial charge is 0.221 e. The van der Waals surface area contributed by atoms with Crippen molar-refractivity contribution in [2.45, 2.75) is 13.0 Å². The standard InChI is InChI=1S/C9H13ClN2OS/c1-11-9(13)4-5-12-6-7-2-3-8(10)14-7/h2-3,12H,4-6H2,1H3,(H,11,13). The highest BCUT2D eigenvalue weighted by Gasteiger charge is 1.99. The van der Waals surface area contributed by atoms with Crippen molar-refractivity contribution in [1.29, 1.82) is 0 Å². The molecule has 0 atom stereocenters. The van der Waals surface area contributed by atoms with Crippen molar-refractivity contribution in [2.24, 2.45) is 0 Å². The lowest BCUT2D eigenvalue weighted by Gasteiger charge is -2.01. The van der Waals surface area contributed by atoms with Gasteiger partial charge in [0.15, 0.2) is 0 Å². The lowest BCUT2D eigenvalue weighted by atomic mass is 10.4. The van der Waals surface area contributed by atoms with Crippen molar-refractivity contribution in [3.63, 3.8) is 0 Å². The van der Waals surface area contributed by atoms with Gasteiger partial charge >= 0.3 is 0 Å². The van der Waals surface area contributed by atoms with Gasteiger partial charge in [0.25, 0.3) is 0 Å². The molecule has 0 radical (unpaired) electrons. The average molecular weight is 233 g/mol. The molecule has 1 aromatic rings. The molecule has 3 nitrogen and oxygen atoms in total. The van der Waals surface area contributed by atoms with Gasteiger partial charge < -0.3 is 10.6 Å². The number of hydrogen-bond donors (Lipinski definition) is 2. The molecule has 0 fully saturated rings.